The highest BCUT2D eigenvalue weighted by atomic mass is 35.5. The normalized spacial score (nSPS) is 10.5. The molecule has 0 fully saturated rings. The molecule has 0 saturated heterocycles. The maximum Gasteiger partial charge on any atom is 0.258 e. The molecule has 2 aromatic carbocycles. The molecule has 0 aliphatic heterocycles. The minimum atomic E-state index is -0.528. The predicted octanol–water partition coefficient (Wildman–Crippen LogP) is 4.26. The van der Waals surface area contributed by atoms with E-state index in [9.17, 15) is 15.0 Å². The Hall–Kier alpha value is -2.92. The van der Waals surface area contributed by atoms with Crippen molar-refractivity contribution in [2.45, 2.75) is 0 Å². The molecule has 1 aromatic heterocycles. The molecular weight excluding hydrogens is 318 g/mol. The molecule has 0 aliphatic rings. The molecule has 0 atom stereocenters. The summed E-state index contributed by atoms with van der Waals surface area (Å²) in [6.45, 7) is 0. The van der Waals surface area contributed by atoms with Gasteiger partial charge in [0.1, 0.15) is 0 Å². The molecule has 3 rings (SSSR count). The van der Waals surface area contributed by atoms with Crippen LogP contribution in [0.15, 0.2) is 59.0 Å². The van der Waals surface area contributed by atoms with Gasteiger partial charge in [-0.3, -0.25) is 10.1 Å². The minimum absolute atomic E-state index is 0.0440. The van der Waals surface area contributed by atoms with E-state index in [4.69, 9.17) is 16.0 Å². The first-order valence-electron chi connectivity index (χ1n) is 6.73. The molecule has 23 heavy (non-hydrogen) atoms. The van der Waals surface area contributed by atoms with Gasteiger partial charge in [0.2, 0.25) is 17.4 Å². The van der Waals surface area contributed by atoms with Crippen LogP contribution in [0.3, 0.4) is 0 Å². The van der Waals surface area contributed by atoms with Crippen LogP contribution < -0.4 is 5.32 Å². The van der Waals surface area contributed by atoms with Crippen molar-refractivity contribution < 1.29 is 19.4 Å². The standard InChI is InChI=1S/C17H12ClNO4/c18-12-8-6-10(7-9-12)15-13(20)14(21)17(23-15)19-16(22)11-4-2-1-3-5-11/h1-9,20-21H,(H,19,22). The average Bonchev–Trinajstić information content (AvgIpc) is 2.85. The molecule has 6 heteroatoms. The fourth-order valence-electron chi connectivity index (χ4n) is 2.06. The number of furan rings is 1. The van der Waals surface area contributed by atoms with Crippen LogP contribution in [0.2, 0.25) is 5.02 Å². The Labute approximate surface area is 136 Å². The lowest BCUT2D eigenvalue weighted by Crippen LogP contribution is -2.10. The number of amides is 1. The van der Waals surface area contributed by atoms with E-state index in [0.717, 1.165) is 0 Å². The monoisotopic (exact) mass is 329 g/mol. The second kappa shape index (κ2) is 6.06. The maximum absolute atomic E-state index is 12.1. The van der Waals surface area contributed by atoms with Gasteiger partial charge in [-0.15, -0.1) is 0 Å². The number of hydrogen-bond acceptors (Lipinski definition) is 4. The SMILES string of the molecule is O=C(Nc1oc(-c2ccc(Cl)cc2)c(O)c1O)c1ccccc1. The van der Waals surface area contributed by atoms with Crippen molar-refractivity contribution in [2.75, 3.05) is 5.32 Å². The molecule has 0 unspecified atom stereocenters. The van der Waals surface area contributed by atoms with Gasteiger partial charge >= 0.3 is 0 Å². The van der Waals surface area contributed by atoms with E-state index in [-0.39, 0.29) is 11.6 Å². The zero-order valence-corrected chi connectivity index (χ0v) is 12.5. The zero-order chi connectivity index (χ0) is 16.4. The molecule has 0 spiro atoms. The molecule has 0 bridgehead atoms. The van der Waals surface area contributed by atoms with Crippen molar-refractivity contribution in [3.05, 3.63) is 65.2 Å². The zero-order valence-electron chi connectivity index (χ0n) is 11.8. The molecule has 3 N–H and O–H groups in total. The fourth-order valence-corrected chi connectivity index (χ4v) is 2.19. The van der Waals surface area contributed by atoms with Crippen molar-refractivity contribution in [2.24, 2.45) is 0 Å². The van der Waals surface area contributed by atoms with Crippen LogP contribution in [-0.2, 0) is 0 Å². The first kappa shape index (κ1) is 15.0. The number of carbonyl (C=O) groups is 1. The lowest BCUT2D eigenvalue weighted by atomic mass is 10.1. The van der Waals surface area contributed by atoms with Gasteiger partial charge in [0.25, 0.3) is 5.91 Å². The van der Waals surface area contributed by atoms with Crippen molar-refractivity contribution in [1.29, 1.82) is 0 Å². The second-order valence-corrected chi connectivity index (χ2v) is 5.22. The Morgan fingerprint density at radius 1 is 0.957 bits per heavy atom. The third-order valence-electron chi connectivity index (χ3n) is 3.23. The smallest absolute Gasteiger partial charge is 0.258 e. The van der Waals surface area contributed by atoms with Crippen LogP contribution in [0.4, 0.5) is 5.88 Å². The van der Waals surface area contributed by atoms with Crippen LogP contribution >= 0.6 is 11.6 Å². The third-order valence-corrected chi connectivity index (χ3v) is 3.48. The Morgan fingerprint density at radius 2 is 1.61 bits per heavy atom. The summed E-state index contributed by atoms with van der Waals surface area (Å²) in [4.78, 5) is 12.1. The van der Waals surface area contributed by atoms with E-state index >= 15 is 0 Å². The first-order valence-corrected chi connectivity index (χ1v) is 7.11. The molecule has 0 saturated carbocycles. The summed E-state index contributed by atoms with van der Waals surface area (Å²) in [5, 5.41) is 22.9. The van der Waals surface area contributed by atoms with Crippen molar-refractivity contribution in [3.63, 3.8) is 0 Å². The Balaban J connectivity index is 1.91. The van der Waals surface area contributed by atoms with Crippen LogP contribution in [0, 0.1) is 0 Å². The summed E-state index contributed by atoms with van der Waals surface area (Å²) in [6, 6.07) is 15.0. The number of nitrogens with one attached hydrogen (secondary N) is 1. The summed E-state index contributed by atoms with van der Waals surface area (Å²) >= 11 is 5.81. The summed E-state index contributed by atoms with van der Waals surface area (Å²) in [5.74, 6) is -1.61. The first-order chi connectivity index (χ1) is 11.1. The highest BCUT2D eigenvalue weighted by Crippen LogP contribution is 2.45. The van der Waals surface area contributed by atoms with Gasteiger partial charge in [0.15, 0.2) is 5.76 Å². The number of benzene rings is 2. The van der Waals surface area contributed by atoms with Crippen molar-refractivity contribution >= 4 is 23.4 Å². The molecule has 3 aromatic rings. The summed E-state index contributed by atoms with van der Waals surface area (Å²) in [5.41, 5.74) is 0.915. The summed E-state index contributed by atoms with van der Waals surface area (Å²) in [7, 11) is 0. The third kappa shape index (κ3) is 3.00. The number of aromatic hydroxyl groups is 2. The number of rotatable bonds is 3. The molecule has 116 valence electrons. The highest BCUT2D eigenvalue weighted by molar-refractivity contribution is 6.30. The van der Waals surface area contributed by atoms with Gasteiger partial charge in [-0.25, -0.2) is 0 Å². The van der Waals surface area contributed by atoms with E-state index < -0.39 is 17.4 Å². The van der Waals surface area contributed by atoms with E-state index in [0.29, 0.717) is 16.1 Å². The highest BCUT2D eigenvalue weighted by Gasteiger charge is 2.22. The molecular formula is C17H12ClNO4. The van der Waals surface area contributed by atoms with Gasteiger partial charge in [-0.2, -0.15) is 0 Å². The number of halogens is 1. The molecule has 1 heterocycles. The topological polar surface area (TPSA) is 82.7 Å². The molecule has 0 aliphatic carbocycles. The van der Waals surface area contributed by atoms with Crippen LogP contribution in [0.1, 0.15) is 10.4 Å². The van der Waals surface area contributed by atoms with Crippen molar-refractivity contribution in [1.82, 2.24) is 0 Å². The molecule has 5 nitrogen and oxygen atoms in total. The minimum Gasteiger partial charge on any atom is -0.502 e. The second-order valence-electron chi connectivity index (χ2n) is 4.78. The lowest BCUT2D eigenvalue weighted by Gasteiger charge is -2.02. The average molecular weight is 330 g/mol. The van der Waals surface area contributed by atoms with E-state index in [1.165, 1.54) is 0 Å². The summed E-state index contributed by atoms with van der Waals surface area (Å²) < 4.78 is 5.39. The number of hydrogen-bond donors (Lipinski definition) is 3. The Kier molecular flexibility index (Phi) is 3.95. The Morgan fingerprint density at radius 3 is 2.26 bits per heavy atom. The lowest BCUT2D eigenvalue weighted by molar-refractivity contribution is 0.102. The van der Waals surface area contributed by atoms with Crippen LogP contribution in [-0.4, -0.2) is 16.1 Å². The van der Waals surface area contributed by atoms with Crippen LogP contribution in [0.5, 0.6) is 11.5 Å². The van der Waals surface area contributed by atoms with Gasteiger partial charge in [-0.1, -0.05) is 29.8 Å². The maximum atomic E-state index is 12.1. The van der Waals surface area contributed by atoms with Crippen molar-refractivity contribution in [3.8, 4) is 22.8 Å². The van der Waals surface area contributed by atoms with E-state index in [1.807, 2.05) is 0 Å². The molecule has 0 radical (unpaired) electrons. The number of anilines is 1. The largest absolute Gasteiger partial charge is 0.502 e. The Bertz CT molecular complexity index is 841. The predicted molar refractivity (Wildman–Crippen MR) is 86.9 cm³/mol. The van der Waals surface area contributed by atoms with E-state index in [1.54, 1.807) is 54.6 Å². The van der Waals surface area contributed by atoms with Gasteiger partial charge in [-0.05, 0) is 36.4 Å². The number of carbonyl (C=O) groups excluding carboxylic acids is 1. The molecule has 1 amide bonds. The summed E-state index contributed by atoms with van der Waals surface area (Å²) in [6.07, 6.45) is 0. The van der Waals surface area contributed by atoms with Gasteiger partial charge in [0.05, 0.1) is 0 Å². The quantitative estimate of drug-likeness (QED) is 0.670. The van der Waals surface area contributed by atoms with E-state index in [2.05, 4.69) is 5.32 Å². The fraction of sp³-hybridized carbons (Fsp3) is 0. The van der Waals surface area contributed by atoms with Crippen LogP contribution in [0.25, 0.3) is 11.3 Å². The van der Waals surface area contributed by atoms with Gasteiger partial charge < -0.3 is 14.6 Å². The van der Waals surface area contributed by atoms with Gasteiger partial charge in [0, 0.05) is 16.1 Å².